The molecule has 0 atom stereocenters. The summed E-state index contributed by atoms with van der Waals surface area (Å²) in [5, 5.41) is 29.3. The molecule has 10 heteroatoms. The zero-order valence-electron chi connectivity index (χ0n) is 11.3. The third-order valence-corrected chi connectivity index (χ3v) is 2.83. The van der Waals surface area contributed by atoms with Gasteiger partial charge in [0.2, 0.25) is 0 Å². The molecule has 0 amide bonds. The van der Waals surface area contributed by atoms with E-state index >= 15 is 0 Å². The van der Waals surface area contributed by atoms with Crippen molar-refractivity contribution < 1.29 is 9.85 Å². The molecule has 0 aliphatic heterocycles. The monoisotopic (exact) mass is 292 g/mol. The van der Waals surface area contributed by atoms with Crippen LogP contribution in [0.2, 0.25) is 0 Å². The van der Waals surface area contributed by atoms with E-state index in [1.165, 1.54) is 16.8 Å². The van der Waals surface area contributed by atoms with Gasteiger partial charge in [-0.15, -0.1) is 5.10 Å². The van der Waals surface area contributed by atoms with Crippen LogP contribution in [0.5, 0.6) is 0 Å². The smallest absolute Gasteiger partial charge is 0.278 e. The Morgan fingerprint density at radius 2 is 1.67 bits per heavy atom. The van der Waals surface area contributed by atoms with Crippen molar-refractivity contribution in [3.8, 4) is 5.69 Å². The SMILES string of the molecule is CC(C)c1c(N)nnn1-c1cc([N+](=O)[O-])cc([N+](=O)[O-])c1. The highest BCUT2D eigenvalue weighted by Crippen LogP contribution is 2.28. The van der Waals surface area contributed by atoms with Crippen LogP contribution in [0.25, 0.3) is 5.69 Å². The second kappa shape index (κ2) is 5.15. The van der Waals surface area contributed by atoms with Crippen molar-refractivity contribution in [2.75, 3.05) is 5.73 Å². The van der Waals surface area contributed by atoms with Crippen molar-refractivity contribution in [2.24, 2.45) is 0 Å². The molecule has 0 saturated heterocycles. The number of nitrogens with two attached hydrogens (primary N) is 1. The lowest BCUT2D eigenvalue weighted by atomic mass is 10.1. The van der Waals surface area contributed by atoms with Crippen molar-refractivity contribution in [1.82, 2.24) is 15.0 Å². The van der Waals surface area contributed by atoms with Gasteiger partial charge in [0.15, 0.2) is 5.82 Å². The van der Waals surface area contributed by atoms with Crippen LogP contribution < -0.4 is 5.73 Å². The number of benzene rings is 1. The summed E-state index contributed by atoms with van der Waals surface area (Å²) in [5.74, 6) is 0.123. The van der Waals surface area contributed by atoms with E-state index in [0.29, 0.717) is 5.69 Å². The van der Waals surface area contributed by atoms with E-state index in [4.69, 9.17) is 5.73 Å². The second-order valence-electron chi connectivity index (χ2n) is 4.65. The maximum atomic E-state index is 10.9. The van der Waals surface area contributed by atoms with Crippen LogP contribution in [0, 0.1) is 20.2 Å². The van der Waals surface area contributed by atoms with Gasteiger partial charge in [-0.25, -0.2) is 4.68 Å². The van der Waals surface area contributed by atoms with Gasteiger partial charge >= 0.3 is 0 Å². The molecule has 0 radical (unpaired) electrons. The second-order valence-corrected chi connectivity index (χ2v) is 4.65. The fourth-order valence-electron chi connectivity index (χ4n) is 1.94. The lowest BCUT2D eigenvalue weighted by Gasteiger charge is -2.09. The summed E-state index contributed by atoms with van der Waals surface area (Å²) < 4.78 is 1.28. The number of nitrogen functional groups attached to an aromatic ring is 1. The molecule has 1 aromatic heterocycles. The maximum absolute atomic E-state index is 10.9. The Morgan fingerprint density at radius 3 is 2.10 bits per heavy atom. The van der Waals surface area contributed by atoms with Gasteiger partial charge in [-0.3, -0.25) is 20.2 Å². The van der Waals surface area contributed by atoms with Gasteiger partial charge in [0.05, 0.1) is 27.3 Å². The quantitative estimate of drug-likeness (QED) is 0.668. The van der Waals surface area contributed by atoms with Crippen LogP contribution in [0.1, 0.15) is 25.5 Å². The third-order valence-electron chi connectivity index (χ3n) is 2.83. The summed E-state index contributed by atoms with van der Waals surface area (Å²) in [7, 11) is 0. The fourth-order valence-corrected chi connectivity index (χ4v) is 1.94. The molecule has 0 spiro atoms. The summed E-state index contributed by atoms with van der Waals surface area (Å²) in [5.41, 5.74) is 5.62. The number of aromatic nitrogens is 3. The third kappa shape index (κ3) is 2.63. The molecule has 2 aromatic rings. The van der Waals surface area contributed by atoms with E-state index < -0.39 is 21.2 Å². The summed E-state index contributed by atoms with van der Waals surface area (Å²) >= 11 is 0. The Labute approximate surface area is 118 Å². The molecule has 10 nitrogen and oxygen atoms in total. The number of nitro groups is 2. The van der Waals surface area contributed by atoms with E-state index in [0.717, 1.165) is 6.07 Å². The molecule has 2 N–H and O–H groups in total. The van der Waals surface area contributed by atoms with Crippen molar-refractivity contribution in [1.29, 1.82) is 0 Å². The Kier molecular flexibility index (Phi) is 3.52. The first-order valence-corrected chi connectivity index (χ1v) is 5.96. The van der Waals surface area contributed by atoms with Gasteiger partial charge in [0.1, 0.15) is 0 Å². The molecule has 0 bridgehead atoms. The molecule has 0 fully saturated rings. The minimum absolute atomic E-state index is 0.0571. The highest BCUT2D eigenvalue weighted by Gasteiger charge is 2.21. The molecule has 0 unspecified atom stereocenters. The van der Waals surface area contributed by atoms with Gasteiger partial charge in [-0.05, 0) is 5.92 Å². The number of anilines is 1. The maximum Gasteiger partial charge on any atom is 0.278 e. The summed E-state index contributed by atoms with van der Waals surface area (Å²) in [6, 6.07) is 3.26. The number of hydrogen-bond acceptors (Lipinski definition) is 7. The number of nitrogens with zero attached hydrogens (tertiary/aromatic N) is 5. The molecule has 110 valence electrons. The van der Waals surface area contributed by atoms with Crippen LogP contribution in [0.4, 0.5) is 17.2 Å². The predicted molar refractivity (Wildman–Crippen MR) is 73.2 cm³/mol. The molecule has 0 saturated carbocycles. The van der Waals surface area contributed by atoms with Crippen LogP contribution in [0.15, 0.2) is 18.2 Å². The van der Waals surface area contributed by atoms with Crippen LogP contribution >= 0.6 is 0 Å². The van der Waals surface area contributed by atoms with Gasteiger partial charge in [0.25, 0.3) is 11.4 Å². The van der Waals surface area contributed by atoms with Gasteiger partial charge in [0, 0.05) is 12.1 Å². The fraction of sp³-hybridized carbons (Fsp3) is 0.273. The van der Waals surface area contributed by atoms with E-state index in [2.05, 4.69) is 10.3 Å². The first kappa shape index (κ1) is 14.4. The number of hydrogen-bond donors (Lipinski definition) is 1. The summed E-state index contributed by atoms with van der Waals surface area (Å²) in [6.07, 6.45) is 0. The first-order valence-electron chi connectivity index (χ1n) is 5.96. The highest BCUT2D eigenvalue weighted by atomic mass is 16.6. The lowest BCUT2D eigenvalue weighted by molar-refractivity contribution is -0.394. The van der Waals surface area contributed by atoms with Crippen molar-refractivity contribution in [3.63, 3.8) is 0 Å². The molecular formula is C11H12N6O4. The molecule has 0 aliphatic carbocycles. The normalized spacial score (nSPS) is 10.8. The van der Waals surface area contributed by atoms with Gasteiger partial charge in [-0.1, -0.05) is 19.1 Å². The van der Waals surface area contributed by atoms with Crippen molar-refractivity contribution in [3.05, 3.63) is 44.1 Å². The zero-order chi connectivity index (χ0) is 15.7. The predicted octanol–water partition coefficient (Wildman–Crippen LogP) is 1.79. The summed E-state index contributed by atoms with van der Waals surface area (Å²) in [6.45, 7) is 3.69. The molecule has 2 rings (SSSR count). The largest absolute Gasteiger partial charge is 0.381 e. The number of non-ortho nitro benzene ring substituents is 2. The van der Waals surface area contributed by atoms with Gasteiger partial charge < -0.3 is 5.73 Å². The van der Waals surface area contributed by atoms with Crippen molar-refractivity contribution >= 4 is 17.2 Å². The lowest BCUT2D eigenvalue weighted by Crippen LogP contribution is -2.06. The molecule has 1 heterocycles. The highest BCUT2D eigenvalue weighted by molar-refractivity contribution is 5.54. The van der Waals surface area contributed by atoms with Crippen LogP contribution in [-0.4, -0.2) is 24.8 Å². The minimum Gasteiger partial charge on any atom is -0.381 e. The van der Waals surface area contributed by atoms with E-state index in [-0.39, 0.29) is 17.4 Å². The van der Waals surface area contributed by atoms with Gasteiger partial charge in [-0.2, -0.15) is 0 Å². The minimum atomic E-state index is -0.703. The Bertz CT molecular complexity index is 691. The molecular weight excluding hydrogens is 280 g/mol. The van der Waals surface area contributed by atoms with Crippen LogP contribution in [0.3, 0.4) is 0 Å². The van der Waals surface area contributed by atoms with E-state index in [1.807, 2.05) is 13.8 Å². The number of nitro benzene ring substituents is 2. The molecule has 0 aliphatic rings. The average Bonchev–Trinajstić information content (AvgIpc) is 2.80. The molecule has 1 aromatic carbocycles. The Hall–Kier alpha value is -3.04. The summed E-state index contributed by atoms with van der Waals surface area (Å²) in [4.78, 5) is 20.4. The Morgan fingerprint density at radius 1 is 1.14 bits per heavy atom. The average molecular weight is 292 g/mol. The van der Waals surface area contributed by atoms with Crippen molar-refractivity contribution in [2.45, 2.75) is 19.8 Å². The van der Waals surface area contributed by atoms with Crippen LogP contribution in [-0.2, 0) is 0 Å². The van der Waals surface area contributed by atoms with E-state index in [1.54, 1.807) is 0 Å². The topological polar surface area (TPSA) is 143 Å². The standard InChI is InChI=1S/C11H12N6O4/c1-6(2)10-11(12)13-14-15(10)7-3-8(16(18)19)5-9(4-7)17(20)21/h3-6H,12H2,1-2H3. The molecule has 21 heavy (non-hydrogen) atoms. The van der Waals surface area contributed by atoms with E-state index in [9.17, 15) is 20.2 Å². The zero-order valence-corrected chi connectivity index (χ0v) is 11.3. The number of rotatable bonds is 4. The Balaban J connectivity index is 2.69. The first-order chi connectivity index (χ1) is 9.81.